The van der Waals surface area contributed by atoms with Crippen LogP contribution in [0.5, 0.6) is 0 Å². The van der Waals surface area contributed by atoms with Gasteiger partial charge in [-0.1, -0.05) is 0 Å². The van der Waals surface area contributed by atoms with Crippen LogP contribution in [0.1, 0.15) is 32.1 Å². The second-order valence-electron chi connectivity index (χ2n) is 5.66. The van der Waals surface area contributed by atoms with Crippen molar-refractivity contribution in [2.24, 2.45) is 29.6 Å². The molecule has 5 unspecified atom stereocenters. The molecule has 0 amide bonds. The molecule has 0 heterocycles. The molecule has 3 saturated carbocycles. The Hall–Kier alpha value is -0.0800. The molecule has 86 valence electrons. The van der Waals surface area contributed by atoms with Crippen molar-refractivity contribution in [1.29, 1.82) is 0 Å². The third-order valence-corrected chi connectivity index (χ3v) is 5.30. The van der Waals surface area contributed by atoms with Gasteiger partial charge in [0.25, 0.3) is 0 Å². The number of ether oxygens (including phenoxy) is 2. The van der Waals surface area contributed by atoms with Gasteiger partial charge < -0.3 is 9.47 Å². The van der Waals surface area contributed by atoms with Gasteiger partial charge in [-0.2, -0.15) is 0 Å². The first-order chi connectivity index (χ1) is 7.35. The Balaban J connectivity index is 1.77. The zero-order chi connectivity index (χ0) is 10.4. The summed E-state index contributed by atoms with van der Waals surface area (Å²) in [5.74, 6) is 4.68. The lowest BCUT2D eigenvalue weighted by Gasteiger charge is -2.32. The minimum atomic E-state index is 0.0550. The molecular weight excluding hydrogens is 188 g/mol. The van der Waals surface area contributed by atoms with Gasteiger partial charge in [0, 0.05) is 20.1 Å². The second-order valence-corrected chi connectivity index (χ2v) is 5.66. The van der Waals surface area contributed by atoms with Crippen molar-refractivity contribution in [3.63, 3.8) is 0 Å². The van der Waals surface area contributed by atoms with Crippen molar-refractivity contribution in [3.8, 4) is 0 Å². The number of fused-ring (bicyclic) bond motifs is 5. The molecule has 0 saturated heterocycles. The van der Waals surface area contributed by atoms with Crippen molar-refractivity contribution in [1.82, 2.24) is 0 Å². The smallest absolute Gasteiger partial charge is 0.159 e. The van der Waals surface area contributed by atoms with Crippen LogP contribution in [-0.2, 0) is 9.47 Å². The molecule has 0 N–H and O–H groups in total. The average molecular weight is 210 g/mol. The summed E-state index contributed by atoms with van der Waals surface area (Å²) in [5, 5.41) is 0. The van der Waals surface area contributed by atoms with Crippen LogP contribution in [0.2, 0.25) is 0 Å². The third-order valence-electron chi connectivity index (χ3n) is 5.30. The summed E-state index contributed by atoms with van der Waals surface area (Å²) in [6.45, 7) is 0. The number of rotatable bonds is 3. The molecule has 3 aliphatic carbocycles. The number of methoxy groups -OCH3 is 2. The van der Waals surface area contributed by atoms with Gasteiger partial charge in [-0.05, 0) is 55.8 Å². The predicted octanol–water partition coefficient (Wildman–Crippen LogP) is 2.68. The summed E-state index contributed by atoms with van der Waals surface area (Å²) in [4.78, 5) is 0. The minimum absolute atomic E-state index is 0.0550. The molecule has 3 rings (SSSR count). The van der Waals surface area contributed by atoms with Crippen molar-refractivity contribution < 1.29 is 9.47 Å². The molecule has 0 aromatic rings. The highest BCUT2D eigenvalue weighted by atomic mass is 16.7. The van der Waals surface area contributed by atoms with E-state index >= 15 is 0 Å². The minimum Gasteiger partial charge on any atom is -0.356 e. The standard InChI is InChI=1S/C13H22O2/c1-14-13(15-2)11-6-5-10-8-3-4-9(7-8)12(10)11/h8-13H,3-7H2,1-2H3. The van der Waals surface area contributed by atoms with E-state index in [0.29, 0.717) is 5.92 Å². The molecule has 0 radical (unpaired) electrons. The van der Waals surface area contributed by atoms with E-state index in [0.717, 1.165) is 23.7 Å². The second kappa shape index (κ2) is 3.74. The Morgan fingerprint density at radius 1 is 0.933 bits per heavy atom. The van der Waals surface area contributed by atoms with Crippen LogP contribution < -0.4 is 0 Å². The molecule has 15 heavy (non-hydrogen) atoms. The highest BCUT2D eigenvalue weighted by Crippen LogP contribution is 2.61. The summed E-state index contributed by atoms with van der Waals surface area (Å²) in [7, 11) is 3.57. The van der Waals surface area contributed by atoms with E-state index in [9.17, 15) is 0 Å². The normalized spacial score (nSPS) is 47.8. The Bertz CT molecular complexity index is 237. The summed E-state index contributed by atoms with van der Waals surface area (Å²) in [6.07, 6.45) is 7.30. The van der Waals surface area contributed by atoms with E-state index in [-0.39, 0.29) is 6.29 Å². The van der Waals surface area contributed by atoms with Gasteiger partial charge in [0.05, 0.1) is 0 Å². The van der Waals surface area contributed by atoms with E-state index < -0.39 is 0 Å². The third kappa shape index (κ3) is 1.38. The molecule has 2 bridgehead atoms. The fraction of sp³-hybridized carbons (Fsp3) is 1.00. The van der Waals surface area contributed by atoms with Gasteiger partial charge in [-0.15, -0.1) is 0 Å². The average Bonchev–Trinajstić information content (AvgIpc) is 2.90. The summed E-state index contributed by atoms with van der Waals surface area (Å²) in [5.41, 5.74) is 0. The molecule has 2 heteroatoms. The van der Waals surface area contributed by atoms with Gasteiger partial charge in [-0.25, -0.2) is 0 Å². The number of hydrogen-bond donors (Lipinski definition) is 0. The van der Waals surface area contributed by atoms with E-state index in [1.165, 1.54) is 32.1 Å². The molecule has 2 nitrogen and oxygen atoms in total. The SMILES string of the molecule is COC(OC)C1CCC2C3CCC(C3)C21. The Kier molecular flexibility index (Phi) is 2.52. The molecule has 0 spiro atoms. The topological polar surface area (TPSA) is 18.5 Å². The lowest BCUT2D eigenvalue weighted by Crippen LogP contribution is -2.32. The predicted molar refractivity (Wildman–Crippen MR) is 58.3 cm³/mol. The Morgan fingerprint density at radius 2 is 1.67 bits per heavy atom. The fourth-order valence-electron chi connectivity index (χ4n) is 4.89. The van der Waals surface area contributed by atoms with Crippen LogP contribution in [0.15, 0.2) is 0 Å². The van der Waals surface area contributed by atoms with Crippen molar-refractivity contribution >= 4 is 0 Å². The van der Waals surface area contributed by atoms with Crippen molar-refractivity contribution in [2.75, 3.05) is 14.2 Å². The van der Waals surface area contributed by atoms with Gasteiger partial charge in [0.1, 0.15) is 0 Å². The monoisotopic (exact) mass is 210 g/mol. The molecular formula is C13H22O2. The van der Waals surface area contributed by atoms with Crippen LogP contribution in [0.3, 0.4) is 0 Å². The largest absolute Gasteiger partial charge is 0.356 e. The maximum Gasteiger partial charge on any atom is 0.159 e. The molecule has 5 atom stereocenters. The fourth-order valence-corrected chi connectivity index (χ4v) is 4.89. The van der Waals surface area contributed by atoms with Gasteiger partial charge >= 0.3 is 0 Å². The lowest BCUT2D eigenvalue weighted by atomic mass is 9.78. The van der Waals surface area contributed by atoms with Crippen LogP contribution in [0.4, 0.5) is 0 Å². The van der Waals surface area contributed by atoms with E-state index in [4.69, 9.17) is 9.47 Å². The van der Waals surface area contributed by atoms with E-state index in [1.54, 1.807) is 14.2 Å². The summed E-state index contributed by atoms with van der Waals surface area (Å²) < 4.78 is 11.0. The molecule has 0 aromatic heterocycles. The van der Waals surface area contributed by atoms with Crippen LogP contribution in [0.25, 0.3) is 0 Å². The first-order valence-corrected chi connectivity index (χ1v) is 6.40. The maximum atomic E-state index is 5.48. The van der Waals surface area contributed by atoms with Gasteiger partial charge in [-0.3, -0.25) is 0 Å². The zero-order valence-electron chi connectivity index (χ0n) is 9.82. The highest BCUT2D eigenvalue weighted by molar-refractivity contribution is 5.03. The molecule has 0 aromatic carbocycles. The van der Waals surface area contributed by atoms with Gasteiger partial charge in [0.15, 0.2) is 6.29 Å². The quantitative estimate of drug-likeness (QED) is 0.667. The first kappa shape index (κ1) is 10.1. The van der Waals surface area contributed by atoms with E-state index in [1.807, 2.05) is 0 Å². The zero-order valence-corrected chi connectivity index (χ0v) is 9.82. The lowest BCUT2D eigenvalue weighted by molar-refractivity contribution is -0.150. The Morgan fingerprint density at radius 3 is 2.40 bits per heavy atom. The summed E-state index contributed by atoms with van der Waals surface area (Å²) in [6, 6.07) is 0. The van der Waals surface area contributed by atoms with E-state index in [2.05, 4.69) is 0 Å². The molecule has 0 aliphatic heterocycles. The van der Waals surface area contributed by atoms with Crippen molar-refractivity contribution in [2.45, 2.75) is 38.4 Å². The van der Waals surface area contributed by atoms with Crippen LogP contribution in [-0.4, -0.2) is 20.5 Å². The first-order valence-electron chi connectivity index (χ1n) is 6.40. The molecule has 3 aliphatic rings. The van der Waals surface area contributed by atoms with Crippen LogP contribution in [0, 0.1) is 29.6 Å². The number of hydrogen-bond acceptors (Lipinski definition) is 2. The van der Waals surface area contributed by atoms with Crippen molar-refractivity contribution in [3.05, 3.63) is 0 Å². The maximum absolute atomic E-state index is 5.48. The highest BCUT2D eigenvalue weighted by Gasteiger charge is 2.55. The van der Waals surface area contributed by atoms with Gasteiger partial charge in [0.2, 0.25) is 0 Å². The van der Waals surface area contributed by atoms with Crippen LogP contribution >= 0.6 is 0 Å². The molecule has 3 fully saturated rings. The summed E-state index contributed by atoms with van der Waals surface area (Å²) >= 11 is 0. The Labute approximate surface area is 92.3 Å².